The zero-order chi connectivity index (χ0) is 14.4. The number of hydrogen-bond acceptors (Lipinski definition) is 3. The molecule has 1 aromatic carbocycles. The first kappa shape index (κ1) is 14.5. The molecule has 2 rings (SSSR count). The van der Waals surface area contributed by atoms with Gasteiger partial charge in [0, 0.05) is 0 Å². The molecular weight excluding hydrogens is 255 g/mol. The Balaban J connectivity index is 2.25. The first-order valence-electron chi connectivity index (χ1n) is 6.82. The molecule has 20 heavy (non-hydrogen) atoms. The van der Waals surface area contributed by atoms with Crippen LogP contribution in [0.4, 0.5) is 4.39 Å². The van der Waals surface area contributed by atoms with Crippen LogP contribution >= 0.6 is 0 Å². The van der Waals surface area contributed by atoms with Crippen molar-refractivity contribution >= 4 is 0 Å². The molecule has 1 atom stereocenters. The van der Waals surface area contributed by atoms with Crippen LogP contribution in [-0.4, -0.2) is 18.1 Å². The van der Waals surface area contributed by atoms with Crippen molar-refractivity contribution in [1.29, 1.82) is 0 Å². The van der Waals surface area contributed by atoms with Gasteiger partial charge in [-0.15, -0.1) is 0 Å². The van der Waals surface area contributed by atoms with Crippen molar-refractivity contribution in [2.24, 2.45) is 0 Å². The number of benzene rings is 1. The van der Waals surface area contributed by atoms with Crippen LogP contribution in [0.1, 0.15) is 31.1 Å². The van der Waals surface area contributed by atoms with Gasteiger partial charge in [0.2, 0.25) is 0 Å². The van der Waals surface area contributed by atoms with Gasteiger partial charge in [-0.2, -0.15) is 0 Å². The van der Waals surface area contributed by atoms with Gasteiger partial charge < -0.3 is 10.1 Å². The minimum absolute atomic E-state index is 0.0451. The first-order valence-corrected chi connectivity index (χ1v) is 6.82. The molecule has 0 bridgehead atoms. The van der Waals surface area contributed by atoms with Crippen LogP contribution in [0.2, 0.25) is 0 Å². The maximum Gasteiger partial charge on any atom is 0.141 e. The zero-order valence-corrected chi connectivity index (χ0v) is 11.8. The highest BCUT2D eigenvalue weighted by Gasteiger charge is 2.14. The van der Waals surface area contributed by atoms with Crippen LogP contribution < -0.4 is 10.1 Å². The van der Waals surface area contributed by atoms with Gasteiger partial charge in [-0.25, -0.2) is 4.39 Å². The fourth-order valence-corrected chi connectivity index (χ4v) is 2.08. The predicted octanol–water partition coefficient (Wildman–Crippen LogP) is 3.32. The highest BCUT2D eigenvalue weighted by Crippen LogP contribution is 2.23. The summed E-state index contributed by atoms with van der Waals surface area (Å²) in [5, 5.41) is 3.36. The van der Waals surface area contributed by atoms with Gasteiger partial charge in [0.25, 0.3) is 0 Å². The van der Waals surface area contributed by atoms with E-state index in [0.29, 0.717) is 6.61 Å². The van der Waals surface area contributed by atoms with Gasteiger partial charge in [0.1, 0.15) is 11.6 Å². The molecule has 1 N–H and O–H groups in total. The average molecular weight is 274 g/mol. The van der Waals surface area contributed by atoms with Crippen LogP contribution in [0.3, 0.4) is 0 Å². The average Bonchev–Trinajstić information content (AvgIpc) is 2.47. The van der Waals surface area contributed by atoms with Gasteiger partial charge in [-0.3, -0.25) is 4.98 Å². The van der Waals surface area contributed by atoms with Crippen LogP contribution in [0.5, 0.6) is 5.75 Å². The quantitative estimate of drug-likeness (QED) is 0.877. The molecule has 3 nitrogen and oxygen atoms in total. The van der Waals surface area contributed by atoms with E-state index in [2.05, 4.69) is 10.3 Å². The summed E-state index contributed by atoms with van der Waals surface area (Å²) in [6.07, 6.45) is 1.24. The lowest BCUT2D eigenvalue weighted by molar-refractivity contribution is 0.340. The molecule has 0 saturated heterocycles. The minimum atomic E-state index is -0.323. The smallest absolute Gasteiger partial charge is 0.141 e. The third-order valence-corrected chi connectivity index (χ3v) is 2.98. The molecule has 106 valence electrons. The molecule has 0 fully saturated rings. The Morgan fingerprint density at radius 3 is 2.45 bits per heavy atom. The standard InChI is InChI=1S/C16H19FN2O/c1-3-18-16(15-10-7-13(17)11-19-15)12-5-8-14(9-6-12)20-4-2/h5-11,16,18H,3-4H2,1-2H3. The van der Waals surface area contributed by atoms with E-state index in [1.807, 2.05) is 38.1 Å². The number of halogens is 1. The first-order chi connectivity index (χ1) is 9.74. The molecule has 4 heteroatoms. The minimum Gasteiger partial charge on any atom is -0.494 e. The molecule has 1 unspecified atom stereocenters. The van der Waals surface area contributed by atoms with E-state index in [0.717, 1.165) is 23.6 Å². The van der Waals surface area contributed by atoms with Crippen molar-refractivity contribution in [2.75, 3.05) is 13.2 Å². The normalized spacial score (nSPS) is 12.2. The number of pyridine rings is 1. The highest BCUT2D eigenvalue weighted by atomic mass is 19.1. The van der Waals surface area contributed by atoms with E-state index in [9.17, 15) is 4.39 Å². The lowest BCUT2D eigenvalue weighted by Crippen LogP contribution is -2.22. The Labute approximate surface area is 118 Å². The van der Waals surface area contributed by atoms with Crippen molar-refractivity contribution in [3.8, 4) is 5.75 Å². The Morgan fingerprint density at radius 1 is 1.15 bits per heavy atom. The van der Waals surface area contributed by atoms with Crippen molar-refractivity contribution < 1.29 is 9.13 Å². The lowest BCUT2D eigenvalue weighted by atomic mass is 10.0. The van der Waals surface area contributed by atoms with Gasteiger partial charge in [0.05, 0.1) is 24.5 Å². The SMILES string of the molecule is CCNC(c1ccc(OCC)cc1)c1ccc(F)cn1. The van der Waals surface area contributed by atoms with Crippen molar-refractivity contribution in [3.63, 3.8) is 0 Å². The summed E-state index contributed by atoms with van der Waals surface area (Å²) in [5.41, 5.74) is 1.88. The van der Waals surface area contributed by atoms with Crippen molar-refractivity contribution in [2.45, 2.75) is 19.9 Å². The summed E-state index contributed by atoms with van der Waals surface area (Å²) >= 11 is 0. The van der Waals surface area contributed by atoms with E-state index < -0.39 is 0 Å². The van der Waals surface area contributed by atoms with E-state index in [1.54, 1.807) is 6.07 Å². The maximum atomic E-state index is 13.0. The Morgan fingerprint density at radius 2 is 1.90 bits per heavy atom. The second kappa shape index (κ2) is 7.01. The molecular formula is C16H19FN2O. The number of nitrogens with one attached hydrogen (secondary N) is 1. The molecule has 0 aliphatic rings. The van der Waals surface area contributed by atoms with Gasteiger partial charge in [-0.1, -0.05) is 19.1 Å². The molecule has 0 saturated carbocycles. The second-order valence-electron chi connectivity index (χ2n) is 4.39. The molecule has 0 spiro atoms. The molecule has 0 amide bonds. The summed E-state index contributed by atoms with van der Waals surface area (Å²) < 4.78 is 18.4. The van der Waals surface area contributed by atoms with Gasteiger partial charge in [-0.05, 0) is 43.3 Å². The number of hydrogen-bond donors (Lipinski definition) is 1. The van der Waals surface area contributed by atoms with Crippen LogP contribution in [0.25, 0.3) is 0 Å². The van der Waals surface area contributed by atoms with E-state index >= 15 is 0 Å². The van der Waals surface area contributed by atoms with E-state index in [4.69, 9.17) is 4.74 Å². The summed E-state index contributed by atoms with van der Waals surface area (Å²) in [6.45, 7) is 5.44. The third kappa shape index (κ3) is 3.54. The number of aromatic nitrogens is 1. The number of rotatable bonds is 6. The Kier molecular flexibility index (Phi) is 5.07. The topological polar surface area (TPSA) is 34.1 Å². The van der Waals surface area contributed by atoms with Crippen molar-refractivity contribution in [3.05, 3.63) is 59.7 Å². The lowest BCUT2D eigenvalue weighted by Gasteiger charge is -2.18. The molecule has 0 radical (unpaired) electrons. The zero-order valence-electron chi connectivity index (χ0n) is 11.8. The molecule has 0 aliphatic heterocycles. The predicted molar refractivity (Wildman–Crippen MR) is 77.3 cm³/mol. The highest BCUT2D eigenvalue weighted by molar-refractivity contribution is 5.33. The molecule has 1 aromatic heterocycles. The molecule has 2 aromatic rings. The van der Waals surface area contributed by atoms with Crippen LogP contribution in [0, 0.1) is 5.82 Å². The fraction of sp³-hybridized carbons (Fsp3) is 0.312. The molecule has 1 heterocycles. The Hall–Kier alpha value is -1.94. The maximum absolute atomic E-state index is 13.0. The van der Waals surface area contributed by atoms with Crippen LogP contribution in [0.15, 0.2) is 42.6 Å². The number of nitrogens with zero attached hydrogens (tertiary/aromatic N) is 1. The summed E-state index contributed by atoms with van der Waals surface area (Å²) in [7, 11) is 0. The second-order valence-corrected chi connectivity index (χ2v) is 4.39. The summed E-state index contributed by atoms with van der Waals surface area (Å²) in [6, 6.07) is 11.0. The number of ether oxygens (including phenoxy) is 1. The van der Waals surface area contributed by atoms with Gasteiger partial charge >= 0.3 is 0 Å². The fourth-order valence-electron chi connectivity index (χ4n) is 2.08. The van der Waals surface area contributed by atoms with Crippen LogP contribution in [-0.2, 0) is 0 Å². The third-order valence-electron chi connectivity index (χ3n) is 2.98. The summed E-state index contributed by atoms with van der Waals surface area (Å²) in [4.78, 5) is 4.16. The Bertz CT molecular complexity index is 525. The van der Waals surface area contributed by atoms with E-state index in [-0.39, 0.29) is 11.9 Å². The summed E-state index contributed by atoms with van der Waals surface area (Å²) in [5.74, 6) is 0.522. The largest absolute Gasteiger partial charge is 0.494 e. The van der Waals surface area contributed by atoms with Crippen molar-refractivity contribution in [1.82, 2.24) is 10.3 Å². The van der Waals surface area contributed by atoms with E-state index in [1.165, 1.54) is 12.3 Å². The van der Waals surface area contributed by atoms with Gasteiger partial charge in [0.15, 0.2) is 0 Å². The monoisotopic (exact) mass is 274 g/mol. The molecule has 0 aliphatic carbocycles.